The number of benzene rings is 7. The van der Waals surface area contributed by atoms with Gasteiger partial charge >= 0.3 is 0 Å². The van der Waals surface area contributed by atoms with Crippen molar-refractivity contribution in [2.45, 2.75) is 31.1 Å². The predicted molar refractivity (Wildman–Crippen MR) is 210 cm³/mol. The Morgan fingerprint density at radius 3 is 2.10 bits per heavy atom. The van der Waals surface area contributed by atoms with Gasteiger partial charge in [-0.25, -0.2) is 0 Å². The van der Waals surface area contributed by atoms with Crippen molar-refractivity contribution in [3.63, 3.8) is 0 Å². The van der Waals surface area contributed by atoms with Crippen molar-refractivity contribution in [1.82, 2.24) is 0 Å². The number of hydrogen-bond acceptors (Lipinski definition) is 2. The summed E-state index contributed by atoms with van der Waals surface area (Å²) >= 11 is 0. The SMILES string of the molecule is c1ccc(-c2ccc3c(c2)-c2cc(N(c4ccc5ccccc5c4)c4ccc5c(c4)oc4ccccc45)ccc2C32C3CC4CC(C3)C2C4)cc1. The maximum atomic E-state index is 6.45. The number of furan rings is 1. The van der Waals surface area contributed by atoms with E-state index in [1.165, 1.54) is 64.4 Å². The molecule has 8 aromatic rings. The average molecular weight is 656 g/mol. The summed E-state index contributed by atoms with van der Waals surface area (Å²) < 4.78 is 6.45. The van der Waals surface area contributed by atoms with Crippen LogP contribution in [0.25, 0.3) is 55.0 Å². The van der Waals surface area contributed by atoms with Crippen LogP contribution in [-0.2, 0) is 5.41 Å². The standard InChI is InChI=1S/C49H37NO/c1-2-8-31(9-3-1)34-15-20-44-42(27-34)43-28-38(18-21-45(43)49(44)36-23-30-22-35(25-36)46(49)24-30)50(37-16-14-32-10-4-5-11-33(32)26-37)39-17-19-41-40-12-6-7-13-47(40)51-48(41)29-39/h1-21,26-30,35-36,46H,22-25H2. The molecule has 51 heavy (non-hydrogen) atoms. The lowest BCUT2D eigenvalue weighted by Gasteiger charge is -2.44. The monoisotopic (exact) mass is 655 g/mol. The molecule has 7 aromatic carbocycles. The van der Waals surface area contributed by atoms with Gasteiger partial charge in [0.1, 0.15) is 11.2 Å². The first-order chi connectivity index (χ1) is 25.2. The molecule has 5 unspecified atom stereocenters. The third kappa shape index (κ3) is 3.83. The van der Waals surface area contributed by atoms with Gasteiger partial charge in [0.15, 0.2) is 0 Å². The molecule has 0 amide bonds. The maximum Gasteiger partial charge on any atom is 0.137 e. The number of hydrogen-bond donors (Lipinski definition) is 0. The van der Waals surface area contributed by atoms with Gasteiger partial charge in [-0.2, -0.15) is 0 Å². The molecule has 0 N–H and O–H groups in total. The van der Waals surface area contributed by atoms with E-state index in [0.717, 1.165) is 57.0 Å². The van der Waals surface area contributed by atoms with E-state index in [2.05, 4.69) is 150 Å². The summed E-state index contributed by atoms with van der Waals surface area (Å²) in [5.74, 6) is 3.28. The van der Waals surface area contributed by atoms with Gasteiger partial charge in [0.25, 0.3) is 0 Å². The summed E-state index contributed by atoms with van der Waals surface area (Å²) in [5.41, 5.74) is 14.0. The first-order valence-corrected chi connectivity index (χ1v) is 18.8. The van der Waals surface area contributed by atoms with Crippen molar-refractivity contribution in [2.75, 3.05) is 4.90 Å². The van der Waals surface area contributed by atoms with E-state index < -0.39 is 0 Å². The molecular weight excluding hydrogens is 619 g/mol. The number of para-hydroxylation sites is 1. The van der Waals surface area contributed by atoms with Gasteiger partial charge in [0.05, 0.1) is 0 Å². The second-order valence-electron chi connectivity index (χ2n) is 15.7. The molecular formula is C49H37NO. The third-order valence-electron chi connectivity index (χ3n) is 13.4. The van der Waals surface area contributed by atoms with Crippen LogP contribution in [0.4, 0.5) is 17.1 Å². The molecule has 5 atom stereocenters. The molecule has 1 aromatic heterocycles. The largest absolute Gasteiger partial charge is 0.456 e. The van der Waals surface area contributed by atoms with Gasteiger partial charge in [0, 0.05) is 39.3 Å². The highest BCUT2D eigenvalue weighted by atomic mass is 16.3. The van der Waals surface area contributed by atoms with E-state index in [0.29, 0.717) is 0 Å². The van der Waals surface area contributed by atoms with Crippen molar-refractivity contribution in [2.24, 2.45) is 23.7 Å². The van der Waals surface area contributed by atoms with Gasteiger partial charge in [0.2, 0.25) is 0 Å². The summed E-state index contributed by atoms with van der Waals surface area (Å²) in [5, 5.41) is 4.79. The minimum Gasteiger partial charge on any atom is -0.456 e. The molecule has 4 fully saturated rings. The number of rotatable bonds is 4. The maximum absolute atomic E-state index is 6.45. The second kappa shape index (κ2) is 10.2. The zero-order chi connectivity index (χ0) is 33.3. The highest BCUT2D eigenvalue weighted by Crippen LogP contribution is 2.73. The minimum absolute atomic E-state index is 0.136. The Morgan fingerprint density at radius 1 is 0.490 bits per heavy atom. The summed E-state index contributed by atoms with van der Waals surface area (Å²) in [6.07, 6.45) is 5.61. The fraction of sp³-hybridized carbons (Fsp3) is 0.184. The van der Waals surface area contributed by atoms with Crippen LogP contribution in [0, 0.1) is 23.7 Å². The van der Waals surface area contributed by atoms with Gasteiger partial charge in [-0.3, -0.25) is 0 Å². The van der Waals surface area contributed by atoms with E-state index in [1.807, 2.05) is 6.07 Å². The van der Waals surface area contributed by atoms with Crippen LogP contribution in [0.1, 0.15) is 36.8 Å². The molecule has 1 heterocycles. The van der Waals surface area contributed by atoms with Crippen LogP contribution in [0.2, 0.25) is 0 Å². The Hall–Kier alpha value is -5.60. The molecule has 2 nitrogen and oxygen atoms in total. The minimum atomic E-state index is 0.136. The van der Waals surface area contributed by atoms with Crippen molar-refractivity contribution in [3.05, 3.63) is 163 Å². The second-order valence-corrected chi connectivity index (χ2v) is 15.7. The predicted octanol–water partition coefficient (Wildman–Crippen LogP) is 13.2. The Balaban J connectivity index is 1.09. The fourth-order valence-corrected chi connectivity index (χ4v) is 11.6. The normalized spacial score (nSPS) is 23.8. The Kier molecular flexibility index (Phi) is 5.65. The van der Waals surface area contributed by atoms with Crippen LogP contribution in [0.3, 0.4) is 0 Å². The topological polar surface area (TPSA) is 16.4 Å². The van der Waals surface area contributed by atoms with Crippen LogP contribution in [-0.4, -0.2) is 0 Å². The number of anilines is 3. The molecule has 0 radical (unpaired) electrons. The zero-order valence-electron chi connectivity index (χ0n) is 28.4. The molecule has 0 saturated heterocycles. The quantitative estimate of drug-likeness (QED) is 0.188. The fourth-order valence-electron chi connectivity index (χ4n) is 11.6. The summed E-state index contributed by atoms with van der Waals surface area (Å²) in [7, 11) is 0. The molecule has 4 saturated carbocycles. The number of fused-ring (bicyclic) bond motifs is 7. The molecule has 5 aliphatic carbocycles. The smallest absolute Gasteiger partial charge is 0.137 e. The highest BCUT2D eigenvalue weighted by molar-refractivity contribution is 6.06. The Labute approximate surface area is 298 Å². The van der Waals surface area contributed by atoms with Crippen LogP contribution >= 0.6 is 0 Å². The van der Waals surface area contributed by atoms with Crippen molar-refractivity contribution in [1.29, 1.82) is 0 Å². The van der Waals surface area contributed by atoms with E-state index in [-0.39, 0.29) is 5.41 Å². The third-order valence-corrected chi connectivity index (χ3v) is 13.4. The van der Waals surface area contributed by atoms with Gasteiger partial charge < -0.3 is 9.32 Å². The number of nitrogens with zero attached hydrogens (tertiary/aromatic N) is 1. The molecule has 1 spiro atoms. The van der Waals surface area contributed by atoms with Gasteiger partial charge in [-0.1, -0.05) is 97.1 Å². The average Bonchev–Trinajstić information content (AvgIpc) is 3.86. The van der Waals surface area contributed by atoms with E-state index in [9.17, 15) is 0 Å². The molecule has 0 aliphatic heterocycles. The van der Waals surface area contributed by atoms with Crippen molar-refractivity contribution < 1.29 is 4.42 Å². The van der Waals surface area contributed by atoms with Gasteiger partial charge in [-0.05, 0) is 142 Å². The van der Waals surface area contributed by atoms with Crippen molar-refractivity contribution >= 4 is 49.8 Å². The lowest BCUT2D eigenvalue weighted by Crippen LogP contribution is -2.40. The van der Waals surface area contributed by atoms with Gasteiger partial charge in [-0.15, -0.1) is 0 Å². The van der Waals surface area contributed by atoms with Crippen LogP contribution in [0.15, 0.2) is 156 Å². The molecule has 244 valence electrons. The first-order valence-electron chi connectivity index (χ1n) is 18.8. The highest BCUT2D eigenvalue weighted by Gasteiger charge is 2.66. The summed E-state index contributed by atoms with van der Waals surface area (Å²) in [6, 6.07) is 56.5. The van der Waals surface area contributed by atoms with Crippen LogP contribution in [0.5, 0.6) is 0 Å². The lowest BCUT2D eigenvalue weighted by atomic mass is 9.59. The Bertz CT molecular complexity index is 2700. The molecule has 2 heteroatoms. The Morgan fingerprint density at radius 2 is 1.20 bits per heavy atom. The summed E-state index contributed by atoms with van der Waals surface area (Å²) in [6.45, 7) is 0. The van der Waals surface area contributed by atoms with Crippen LogP contribution < -0.4 is 4.90 Å². The first kappa shape index (κ1) is 28.1. The van der Waals surface area contributed by atoms with E-state index >= 15 is 0 Å². The van der Waals surface area contributed by atoms with E-state index in [4.69, 9.17) is 4.42 Å². The van der Waals surface area contributed by atoms with Crippen molar-refractivity contribution in [3.8, 4) is 22.3 Å². The molecule has 13 rings (SSSR count). The van der Waals surface area contributed by atoms with E-state index in [1.54, 1.807) is 11.1 Å². The summed E-state index contributed by atoms with van der Waals surface area (Å²) in [4.78, 5) is 2.44. The molecule has 5 aliphatic rings. The zero-order valence-corrected chi connectivity index (χ0v) is 28.4. The molecule has 4 bridgehead atoms. The lowest BCUT2D eigenvalue weighted by molar-refractivity contribution is 0.191.